The number of carboxylic acids is 1. The molecular weight excluding hydrogens is 346 g/mol. The van der Waals surface area contributed by atoms with Gasteiger partial charge in [-0.3, -0.25) is 9.59 Å². The van der Waals surface area contributed by atoms with E-state index in [0.29, 0.717) is 36.1 Å². The minimum Gasteiger partial charge on any atom is -0.481 e. The van der Waals surface area contributed by atoms with E-state index < -0.39 is 11.9 Å². The number of aryl methyl sites for hydroxylation is 1. The van der Waals surface area contributed by atoms with Crippen molar-refractivity contribution in [3.8, 4) is 11.4 Å². The number of nitrogens with zero attached hydrogens (tertiary/aromatic N) is 3. The Kier molecular flexibility index (Phi) is 5.03. The smallest absolute Gasteiger partial charge is 0.308 e. The summed E-state index contributed by atoms with van der Waals surface area (Å²) in [5, 5.41) is 13.7. The minimum absolute atomic E-state index is 0.0949. The van der Waals surface area contributed by atoms with Gasteiger partial charge in [0, 0.05) is 36.0 Å². The standard InChI is InChI=1S/C17H18ClN3O4/c1-10-13(17(23)24)8-9-21(10)15(22)7-6-14-19-16(20-25-14)11-2-4-12(18)5-3-11/h2-5,10,13H,6-9H2,1H3,(H,23,24). The van der Waals surface area contributed by atoms with Gasteiger partial charge < -0.3 is 14.5 Å². The Labute approximate surface area is 149 Å². The van der Waals surface area contributed by atoms with E-state index in [9.17, 15) is 9.59 Å². The zero-order chi connectivity index (χ0) is 18.0. The largest absolute Gasteiger partial charge is 0.481 e. The second-order valence-corrected chi connectivity index (χ2v) is 6.52. The van der Waals surface area contributed by atoms with Gasteiger partial charge in [-0.05, 0) is 37.6 Å². The summed E-state index contributed by atoms with van der Waals surface area (Å²) in [5.41, 5.74) is 0.781. The number of hydrogen-bond donors (Lipinski definition) is 1. The van der Waals surface area contributed by atoms with E-state index in [1.54, 1.807) is 36.1 Å². The summed E-state index contributed by atoms with van der Waals surface area (Å²) in [4.78, 5) is 29.4. The van der Waals surface area contributed by atoms with Gasteiger partial charge in [0.1, 0.15) is 0 Å². The van der Waals surface area contributed by atoms with Gasteiger partial charge in [0.2, 0.25) is 17.6 Å². The Morgan fingerprint density at radius 1 is 1.36 bits per heavy atom. The van der Waals surface area contributed by atoms with Crippen LogP contribution in [0.25, 0.3) is 11.4 Å². The molecular formula is C17H18ClN3O4. The summed E-state index contributed by atoms with van der Waals surface area (Å²) >= 11 is 5.85. The van der Waals surface area contributed by atoms with Crippen LogP contribution in [-0.4, -0.2) is 44.6 Å². The van der Waals surface area contributed by atoms with Gasteiger partial charge in [-0.15, -0.1) is 0 Å². The third kappa shape index (κ3) is 3.82. The molecule has 8 heteroatoms. The topological polar surface area (TPSA) is 96.5 Å². The molecule has 7 nitrogen and oxygen atoms in total. The van der Waals surface area contributed by atoms with Crippen LogP contribution in [0.1, 0.15) is 25.7 Å². The van der Waals surface area contributed by atoms with Gasteiger partial charge in [-0.1, -0.05) is 16.8 Å². The molecule has 0 bridgehead atoms. The highest BCUT2D eigenvalue weighted by Gasteiger charge is 2.37. The molecule has 0 radical (unpaired) electrons. The van der Waals surface area contributed by atoms with Crippen molar-refractivity contribution < 1.29 is 19.2 Å². The first-order chi connectivity index (χ1) is 12.0. The summed E-state index contributed by atoms with van der Waals surface area (Å²) in [6.45, 7) is 2.24. The van der Waals surface area contributed by atoms with Crippen molar-refractivity contribution in [1.82, 2.24) is 15.0 Å². The first kappa shape index (κ1) is 17.4. The maximum atomic E-state index is 12.3. The number of rotatable bonds is 5. The lowest BCUT2D eigenvalue weighted by Gasteiger charge is -2.23. The van der Waals surface area contributed by atoms with E-state index in [4.69, 9.17) is 21.2 Å². The highest BCUT2D eigenvalue weighted by molar-refractivity contribution is 6.30. The fourth-order valence-electron chi connectivity index (χ4n) is 3.05. The highest BCUT2D eigenvalue weighted by Crippen LogP contribution is 2.25. The number of aromatic nitrogens is 2. The predicted molar refractivity (Wildman–Crippen MR) is 90.0 cm³/mol. The second-order valence-electron chi connectivity index (χ2n) is 6.08. The number of likely N-dealkylation sites (tertiary alicyclic amines) is 1. The Morgan fingerprint density at radius 3 is 2.72 bits per heavy atom. The Hall–Kier alpha value is -2.41. The normalized spacial score (nSPS) is 20.0. The van der Waals surface area contributed by atoms with Gasteiger partial charge in [0.25, 0.3) is 0 Å². The minimum atomic E-state index is -0.854. The van der Waals surface area contributed by atoms with E-state index in [-0.39, 0.29) is 18.4 Å². The molecule has 1 saturated heterocycles. The number of hydrogen-bond acceptors (Lipinski definition) is 5. The predicted octanol–water partition coefficient (Wildman–Crippen LogP) is 2.64. The number of carbonyl (C=O) groups excluding carboxylic acids is 1. The SMILES string of the molecule is CC1C(C(=O)O)CCN1C(=O)CCc1nc(-c2ccc(Cl)cc2)no1. The molecule has 1 amide bonds. The summed E-state index contributed by atoms with van der Waals surface area (Å²) in [6, 6.07) is 6.77. The quantitative estimate of drug-likeness (QED) is 0.877. The Bertz CT molecular complexity index is 774. The van der Waals surface area contributed by atoms with Crippen molar-refractivity contribution in [3.05, 3.63) is 35.2 Å². The summed E-state index contributed by atoms with van der Waals surface area (Å²) in [5.74, 6) is -0.627. The number of carbonyl (C=O) groups is 2. The number of halogens is 1. The van der Waals surface area contributed by atoms with Gasteiger partial charge in [0.15, 0.2) is 0 Å². The maximum absolute atomic E-state index is 12.3. The van der Waals surface area contributed by atoms with Crippen LogP contribution in [0.2, 0.25) is 5.02 Å². The first-order valence-corrected chi connectivity index (χ1v) is 8.44. The fraction of sp³-hybridized carbons (Fsp3) is 0.412. The molecule has 0 spiro atoms. The van der Waals surface area contributed by atoms with E-state index >= 15 is 0 Å². The van der Waals surface area contributed by atoms with E-state index in [2.05, 4.69) is 10.1 Å². The van der Waals surface area contributed by atoms with E-state index in [1.165, 1.54) is 0 Å². The van der Waals surface area contributed by atoms with Crippen LogP contribution in [-0.2, 0) is 16.0 Å². The summed E-state index contributed by atoms with van der Waals surface area (Å²) in [7, 11) is 0. The van der Waals surface area contributed by atoms with E-state index in [1.807, 2.05) is 0 Å². The fourth-order valence-corrected chi connectivity index (χ4v) is 3.18. The van der Waals surface area contributed by atoms with Gasteiger partial charge in [0.05, 0.1) is 5.92 Å². The summed E-state index contributed by atoms with van der Waals surface area (Å²) < 4.78 is 5.19. The second kappa shape index (κ2) is 7.23. The van der Waals surface area contributed by atoms with Crippen molar-refractivity contribution >= 4 is 23.5 Å². The molecule has 1 aromatic carbocycles. The molecule has 1 aliphatic heterocycles. The van der Waals surface area contributed by atoms with Crippen LogP contribution in [0.5, 0.6) is 0 Å². The Balaban J connectivity index is 1.58. The van der Waals surface area contributed by atoms with E-state index in [0.717, 1.165) is 5.56 Å². The van der Waals surface area contributed by atoms with Crippen molar-refractivity contribution in [2.45, 2.75) is 32.2 Å². The molecule has 2 atom stereocenters. The zero-order valence-corrected chi connectivity index (χ0v) is 14.4. The molecule has 1 fully saturated rings. The van der Waals surface area contributed by atoms with Crippen molar-refractivity contribution in [2.75, 3.05) is 6.54 Å². The molecule has 132 valence electrons. The van der Waals surface area contributed by atoms with Crippen LogP contribution < -0.4 is 0 Å². The van der Waals surface area contributed by atoms with Gasteiger partial charge in [-0.2, -0.15) is 4.98 Å². The van der Waals surface area contributed by atoms with Crippen LogP contribution in [0.4, 0.5) is 0 Å². The van der Waals surface area contributed by atoms with Gasteiger partial charge >= 0.3 is 5.97 Å². The maximum Gasteiger partial charge on any atom is 0.308 e. The molecule has 1 aliphatic rings. The van der Waals surface area contributed by atoms with Gasteiger partial charge in [-0.25, -0.2) is 0 Å². The van der Waals surface area contributed by atoms with Crippen LogP contribution in [0.3, 0.4) is 0 Å². The molecule has 3 rings (SSSR count). The third-order valence-corrected chi connectivity index (χ3v) is 4.77. The molecule has 2 heterocycles. The van der Waals surface area contributed by atoms with Crippen molar-refractivity contribution in [1.29, 1.82) is 0 Å². The molecule has 1 aromatic heterocycles. The molecule has 0 aliphatic carbocycles. The lowest BCUT2D eigenvalue weighted by atomic mass is 10.0. The highest BCUT2D eigenvalue weighted by atomic mass is 35.5. The lowest BCUT2D eigenvalue weighted by Crippen LogP contribution is -2.37. The van der Waals surface area contributed by atoms with Crippen LogP contribution in [0.15, 0.2) is 28.8 Å². The third-order valence-electron chi connectivity index (χ3n) is 4.52. The van der Waals surface area contributed by atoms with Crippen molar-refractivity contribution in [2.24, 2.45) is 5.92 Å². The zero-order valence-electron chi connectivity index (χ0n) is 13.7. The molecule has 2 aromatic rings. The lowest BCUT2D eigenvalue weighted by molar-refractivity contribution is -0.143. The monoisotopic (exact) mass is 363 g/mol. The first-order valence-electron chi connectivity index (χ1n) is 8.06. The number of benzene rings is 1. The van der Waals surface area contributed by atoms with Crippen LogP contribution in [0, 0.1) is 5.92 Å². The van der Waals surface area contributed by atoms with Crippen LogP contribution >= 0.6 is 11.6 Å². The average molecular weight is 364 g/mol. The molecule has 1 N–H and O–H groups in total. The number of aliphatic carboxylic acids is 1. The molecule has 25 heavy (non-hydrogen) atoms. The average Bonchev–Trinajstić information content (AvgIpc) is 3.20. The Morgan fingerprint density at radius 2 is 2.08 bits per heavy atom. The molecule has 0 saturated carbocycles. The summed E-state index contributed by atoms with van der Waals surface area (Å²) in [6.07, 6.45) is 1.02. The number of carboxylic acid groups (broad SMARTS) is 1. The van der Waals surface area contributed by atoms with Crippen molar-refractivity contribution in [3.63, 3.8) is 0 Å². The molecule has 2 unspecified atom stereocenters. The number of amides is 1.